The first-order valence-corrected chi connectivity index (χ1v) is 8.52. The van der Waals surface area contributed by atoms with Crippen LogP contribution in [0.4, 0.5) is 26.3 Å². The number of nitriles is 1. The third kappa shape index (κ3) is 6.21. The fourth-order valence-corrected chi connectivity index (χ4v) is 2.61. The van der Waals surface area contributed by atoms with Crippen molar-refractivity contribution in [3.63, 3.8) is 0 Å². The number of nitrogens with one attached hydrogen (secondary N) is 1. The Balaban J connectivity index is 2.36. The average Bonchev–Trinajstić information content (AvgIpc) is 2.71. The normalized spacial score (nSPS) is 12.6. The molecule has 0 spiro atoms. The summed E-state index contributed by atoms with van der Waals surface area (Å²) in [6, 6.07) is 6.75. The molecular weight excluding hydrogens is 430 g/mol. The topological polar surface area (TPSA) is 79.2 Å². The first kappa shape index (κ1) is 23.7. The lowest BCUT2D eigenvalue weighted by atomic mass is 10.0. The van der Waals surface area contributed by atoms with Crippen LogP contribution in [0.15, 0.2) is 42.5 Å². The average molecular weight is 444 g/mol. The second-order valence-electron chi connectivity index (χ2n) is 6.36. The Hall–Kier alpha value is -3.55. The maximum atomic E-state index is 13.0. The van der Waals surface area contributed by atoms with Crippen molar-refractivity contribution in [1.82, 2.24) is 5.32 Å². The highest BCUT2D eigenvalue weighted by molar-refractivity contribution is 5.97. The molecule has 11 heteroatoms. The highest BCUT2D eigenvalue weighted by atomic mass is 19.4. The number of amides is 1. The van der Waals surface area contributed by atoms with Gasteiger partial charge >= 0.3 is 18.3 Å². The van der Waals surface area contributed by atoms with Crippen LogP contribution in [0.5, 0.6) is 0 Å². The zero-order valence-corrected chi connectivity index (χ0v) is 15.8. The first-order valence-electron chi connectivity index (χ1n) is 8.52. The van der Waals surface area contributed by atoms with Gasteiger partial charge in [0.25, 0.3) is 5.91 Å². The second-order valence-corrected chi connectivity index (χ2v) is 6.36. The molecule has 0 unspecified atom stereocenters. The predicted octanol–water partition coefficient (Wildman–Crippen LogP) is 4.11. The lowest BCUT2D eigenvalue weighted by molar-refractivity contribution is -0.144. The zero-order chi connectivity index (χ0) is 23.4. The summed E-state index contributed by atoms with van der Waals surface area (Å²) in [7, 11) is 1.01. The van der Waals surface area contributed by atoms with Gasteiger partial charge in [-0.3, -0.25) is 4.79 Å². The minimum absolute atomic E-state index is 0.106. The number of rotatable bonds is 5. The molecule has 0 fully saturated rings. The van der Waals surface area contributed by atoms with Gasteiger partial charge in [0.05, 0.1) is 29.9 Å². The van der Waals surface area contributed by atoms with E-state index in [1.54, 1.807) is 0 Å². The van der Waals surface area contributed by atoms with E-state index in [4.69, 9.17) is 5.26 Å². The van der Waals surface area contributed by atoms with Crippen molar-refractivity contribution in [1.29, 1.82) is 5.26 Å². The number of nitrogens with zero attached hydrogens (tertiary/aromatic N) is 1. The molecule has 0 bridgehead atoms. The van der Waals surface area contributed by atoms with E-state index in [9.17, 15) is 35.9 Å². The number of methoxy groups -OCH3 is 1. The van der Waals surface area contributed by atoms with Gasteiger partial charge in [0, 0.05) is 12.0 Å². The molecule has 0 aliphatic heterocycles. The molecule has 1 amide bonds. The van der Waals surface area contributed by atoms with Gasteiger partial charge in [0.15, 0.2) is 0 Å². The summed E-state index contributed by atoms with van der Waals surface area (Å²) in [5, 5.41) is 10.9. The van der Waals surface area contributed by atoms with Gasteiger partial charge in [-0.15, -0.1) is 0 Å². The van der Waals surface area contributed by atoms with Gasteiger partial charge < -0.3 is 10.1 Å². The number of benzene rings is 2. The Kier molecular flexibility index (Phi) is 6.95. The minimum Gasteiger partial charge on any atom is -0.467 e. The SMILES string of the molecule is COC(=O)[C@@H](Cc1ccc(C#N)cc1)NC(=O)c1cc(C(F)(F)F)cc(C(F)(F)F)c1. The highest BCUT2D eigenvalue weighted by Crippen LogP contribution is 2.36. The van der Waals surface area contributed by atoms with E-state index in [0.29, 0.717) is 11.1 Å². The van der Waals surface area contributed by atoms with Crippen LogP contribution in [0.3, 0.4) is 0 Å². The summed E-state index contributed by atoms with van der Waals surface area (Å²) in [6.45, 7) is 0. The minimum atomic E-state index is -5.12. The number of hydrogen-bond acceptors (Lipinski definition) is 4. The van der Waals surface area contributed by atoms with Gasteiger partial charge in [-0.1, -0.05) is 12.1 Å². The summed E-state index contributed by atoms with van der Waals surface area (Å²) >= 11 is 0. The Bertz CT molecular complexity index is 975. The van der Waals surface area contributed by atoms with Crippen LogP contribution in [0.2, 0.25) is 0 Å². The van der Waals surface area contributed by atoms with E-state index in [1.165, 1.54) is 24.3 Å². The molecule has 31 heavy (non-hydrogen) atoms. The highest BCUT2D eigenvalue weighted by Gasteiger charge is 2.37. The number of carbonyl (C=O) groups excluding carboxylic acids is 2. The molecule has 0 saturated carbocycles. The number of carbonyl (C=O) groups is 2. The van der Waals surface area contributed by atoms with Gasteiger partial charge in [0.2, 0.25) is 0 Å². The van der Waals surface area contributed by atoms with Crippen molar-refractivity contribution in [3.8, 4) is 6.07 Å². The van der Waals surface area contributed by atoms with Crippen LogP contribution in [-0.4, -0.2) is 25.0 Å². The summed E-state index contributed by atoms with van der Waals surface area (Å²) in [5.74, 6) is -2.28. The van der Waals surface area contributed by atoms with Crippen molar-refractivity contribution in [2.45, 2.75) is 24.8 Å². The molecule has 0 aliphatic rings. The van der Waals surface area contributed by atoms with Gasteiger partial charge in [-0.2, -0.15) is 31.6 Å². The Morgan fingerprint density at radius 1 is 1.00 bits per heavy atom. The van der Waals surface area contributed by atoms with Crippen LogP contribution in [0.25, 0.3) is 0 Å². The largest absolute Gasteiger partial charge is 0.467 e. The molecule has 2 rings (SSSR count). The lowest BCUT2D eigenvalue weighted by Crippen LogP contribution is -2.43. The maximum absolute atomic E-state index is 13.0. The Labute approximate surface area is 172 Å². The van der Waals surface area contributed by atoms with E-state index < -0.39 is 47.0 Å². The third-order valence-electron chi connectivity index (χ3n) is 4.16. The van der Waals surface area contributed by atoms with Crippen molar-refractivity contribution >= 4 is 11.9 Å². The Morgan fingerprint density at radius 2 is 1.52 bits per heavy atom. The fraction of sp³-hybridized carbons (Fsp3) is 0.250. The summed E-state index contributed by atoms with van der Waals surface area (Å²) in [4.78, 5) is 24.4. The number of hydrogen-bond donors (Lipinski definition) is 1. The van der Waals surface area contributed by atoms with Crippen molar-refractivity contribution in [2.24, 2.45) is 0 Å². The predicted molar refractivity (Wildman–Crippen MR) is 94.6 cm³/mol. The smallest absolute Gasteiger partial charge is 0.416 e. The maximum Gasteiger partial charge on any atom is 0.416 e. The molecule has 0 aliphatic carbocycles. The molecule has 1 N–H and O–H groups in total. The summed E-state index contributed by atoms with van der Waals surface area (Å²) in [5.41, 5.74) is -3.44. The van der Waals surface area contributed by atoms with Crippen LogP contribution >= 0.6 is 0 Å². The van der Waals surface area contributed by atoms with Crippen LogP contribution in [-0.2, 0) is 28.3 Å². The zero-order valence-electron chi connectivity index (χ0n) is 15.8. The van der Waals surface area contributed by atoms with Gasteiger partial charge in [-0.05, 0) is 35.9 Å². The van der Waals surface area contributed by atoms with Crippen LogP contribution in [0.1, 0.15) is 32.6 Å². The molecule has 2 aromatic rings. The molecule has 0 radical (unpaired) electrons. The van der Waals surface area contributed by atoms with Gasteiger partial charge in [-0.25, -0.2) is 4.79 Å². The lowest BCUT2D eigenvalue weighted by Gasteiger charge is -2.18. The van der Waals surface area contributed by atoms with Crippen molar-refractivity contribution in [3.05, 3.63) is 70.3 Å². The summed E-state index contributed by atoms with van der Waals surface area (Å²) in [6.07, 6.45) is -10.4. The fourth-order valence-electron chi connectivity index (χ4n) is 2.61. The molecule has 5 nitrogen and oxygen atoms in total. The van der Waals surface area contributed by atoms with Crippen LogP contribution in [0, 0.1) is 11.3 Å². The number of alkyl halides is 6. The monoisotopic (exact) mass is 444 g/mol. The molecular formula is C20H14F6N2O3. The number of esters is 1. The van der Waals surface area contributed by atoms with E-state index >= 15 is 0 Å². The molecule has 0 heterocycles. The van der Waals surface area contributed by atoms with E-state index in [0.717, 1.165) is 7.11 Å². The van der Waals surface area contributed by atoms with Crippen LogP contribution < -0.4 is 5.32 Å². The van der Waals surface area contributed by atoms with E-state index in [1.807, 2.05) is 6.07 Å². The second kappa shape index (κ2) is 9.07. The number of ether oxygens (including phenoxy) is 1. The van der Waals surface area contributed by atoms with Crippen molar-refractivity contribution in [2.75, 3.05) is 7.11 Å². The molecule has 2 aromatic carbocycles. The first-order chi connectivity index (χ1) is 14.3. The summed E-state index contributed by atoms with van der Waals surface area (Å²) < 4.78 is 82.5. The van der Waals surface area contributed by atoms with E-state index in [-0.39, 0.29) is 24.6 Å². The molecule has 0 saturated heterocycles. The van der Waals surface area contributed by atoms with Crippen molar-refractivity contribution < 1.29 is 40.7 Å². The molecule has 1 atom stereocenters. The Morgan fingerprint density at radius 3 is 1.94 bits per heavy atom. The number of halogens is 6. The van der Waals surface area contributed by atoms with E-state index in [2.05, 4.69) is 10.1 Å². The van der Waals surface area contributed by atoms with Gasteiger partial charge in [0.1, 0.15) is 6.04 Å². The molecule has 164 valence electrons. The standard InChI is InChI=1S/C20H14F6N2O3/c1-31-18(30)16(6-11-2-4-12(10-27)5-3-11)28-17(29)13-7-14(19(21,22)23)9-15(8-13)20(24,25)26/h2-5,7-9,16H,6H2,1H3,(H,28,29)/t16-/m1/s1. The quantitative estimate of drug-likeness (QED) is 0.556. The molecule has 0 aromatic heterocycles. The third-order valence-corrected chi connectivity index (χ3v) is 4.16.